The third-order valence-corrected chi connectivity index (χ3v) is 2.47. The minimum atomic E-state index is -0.00796. The van der Waals surface area contributed by atoms with E-state index in [0.29, 0.717) is 0 Å². The summed E-state index contributed by atoms with van der Waals surface area (Å²) in [5.41, 5.74) is 0. The summed E-state index contributed by atoms with van der Waals surface area (Å²) in [5, 5.41) is 0. The van der Waals surface area contributed by atoms with Gasteiger partial charge < -0.3 is 18.9 Å². The summed E-state index contributed by atoms with van der Waals surface area (Å²) >= 11 is 0. The SMILES string of the molecule is CC1COC(CCCC2OCCO2)O1. The van der Waals surface area contributed by atoms with Gasteiger partial charge in [0.25, 0.3) is 0 Å². The fraction of sp³-hybridized carbons (Fsp3) is 1.00. The first-order chi connectivity index (χ1) is 6.84. The van der Waals surface area contributed by atoms with Gasteiger partial charge in [0.2, 0.25) is 0 Å². The van der Waals surface area contributed by atoms with Crippen molar-refractivity contribution >= 4 is 0 Å². The lowest BCUT2D eigenvalue weighted by atomic mass is 10.2. The van der Waals surface area contributed by atoms with E-state index in [1.54, 1.807) is 0 Å². The lowest BCUT2D eigenvalue weighted by Gasteiger charge is -2.11. The normalized spacial score (nSPS) is 34.1. The zero-order valence-corrected chi connectivity index (χ0v) is 8.61. The Labute approximate surface area is 84.5 Å². The van der Waals surface area contributed by atoms with Crippen LogP contribution in [0.1, 0.15) is 26.2 Å². The van der Waals surface area contributed by atoms with E-state index < -0.39 is 0 Å². The van der Waals surface area contributed by atoms with Crippen molar-refractivity contribution < 1.29 is 18.9 Å². The van der Waals surface area contributed by atoms with Gasteiger partial charge in [0.1, 0.15) is 0 Å². The second-order valence-corrected chi connectivity index (χ2v) is 3.81. The summed E-state index contributed by atoms with van der Waals surface area (Å²) in [5.74, 6) is 0. The molecule has 0 amide bonds. The average molecular weight is 202 g/mol. The molecule has 0 radical (unpaired) electrons. The second kappa shape index (κ2) is 5.07. The van der Waals surface area contributed by atoms with Gasteiger partial charge in [0.05, 0.1) is 25.9 Å². The van der Waals surface area contributed by atoms with E-state index in [1.807, 2.05) is 6.92 Å². The van der Waals surface area contributed by atoms with Gasteiger partial charge >= 0.3 is 0 Å². The van der Waals surface area contributed by atoms with Crippen molar-refractivity contribution in [1.82, 2.24) is 0 Å². The molecule has 0 aromatic carbocycles. The van der Waals surface area contributed by atoms with Crippen molar-refractivity contribution in [3.63, 3.8) is 0 Å². The van der Waals surface area contributed by atoms with Crippen LogP contribution in [0.2, 0.25) is 0 Å². The number of ether oxygens (including phenoxy) is 4. The Balaban J connectivity index is 1.54. The molecule has 2 aliphatic heterocycles. The number of rotatable bonds is 4. The molecule has 0 aromatic rings. The predicted molar refractivity (Wildman–Crippen MR) is 49.8 cm³/mol. The van der Waals surface area contributed by atoms with Crippen LogP contribution in [0.4, 0.5) is 0 Å². The van der Waals surface area contributed by atoms with Crippen molar-refractivity contribution in [3.05, 3.63) is 0 Å². The lowest BCUT2D eigenvalue weighted by molar-refractivity contribution is -0.0741. The molecule has 0 spiro atoms. The summed E-state index contributed by atoms with van der Waals surface area (Å²) in [4.78, 5) is 0. The molecule has 2 atom stereocenters. The van der Waals surface area contributed by atoms with E-state index in [0.717, 1.165) is 39.1 Å². The molecule has 4 nitrogen and oxygen atoms in total. The Morgan fingerprint density at radius 1 is 1.00 bits per heavy atom. The first-order valence-corrected chi connectivity index (χ1v) is 5.35. The summed E-state index contributed by atoms with van der Waals surface area (Å²) in [6.45, 7) is 4.22. The van der Waals surface area contributed by atoms with Crippen LogP contribution in [0, 0.1) is 0 Å². The molecule has 0 N–H and O–H groups in total. The standard InChI is InChI=1S/C10H18O4/c1-8-7-13-10(14-8)4-2-3-9-11-5-6-12-9/h8-10H,2-7H2,1H3. The summed E-state index contributed by atoms with van der Waals surface area (Å²) in [6, 6.07) is 0. The van der Waals surface area contributed by atoms with Crippen molar-refractivity contribution in [2.75, 3.05) is 19.8 Å². The topological polar surface area (TPSA) is 36.9 Å². The second-order valence-electron chi connectivity index (χ2n) is 3.81. The smallest absolute Gasteiger partial charge is 0.158 e. The highest BCUT2D eigenvalue weighted by Crippen LogP contribution is 2.18. The van der Waals surface area contributed by atoms with Crippen LogP contribution in [-0.2, 0) is 18.9 Å². The van der Waals surface area contributed by atoms with Crippen LogP contribution in [-0.4, -0.2) is 38.5 Å². The molecule has 14 heavy (non-hydrogen) atoms. The highest BCUT2D eigenvalue weighted by molar-refractivity contribution is 4.61. The van der Waals surface area contributed by atoms with Crippen molar-refractivity contribution in [2.45, 2.75) is 44.9 Å². The van der Waals surface area contributed by atoms with Gasteiger partial charge in [-0.3, -0.25) is 0 Å². The maximum Gasteiger partial charge on any atom is 0.158 e. The van der Waals surface area contributed by atoms with Gasteiger partial charge in [0, 0.05) is 0 Å². The molecular weight excluding hydrogens is 184 g/mol. The van der Waals surface area contributed by atoms with Gasteiger partial charge in [-0.2, -0.15) is 0 Å². The van der Waals surface area contributed by atoms with Crippen LogP contribution in [0.25, 0.3) is 0 Å². The molecule has 0 aromatic heterocycles. The molecule has 2 rings (SSSR count). The molecule has 0 saturated carbocycles. The van der Waals surface area contributed by atoms with Crippen LogP contribution < -0.4 is 0 Å². The minimum absolute atomic E-state index is 0.00796. The van der Waals surface area contributed by atoms with Crippen molar-refractivity contribution in [3.8, 4) is 0 Å². The first-order valence-electron chi connectivity index (χ1n) is 5.35. The Morgan fingerprint density at radius 3 is 2.36 bits per heavy atom. The highest BCUT2D eigenvalue weighted by atomic mass is 16.7. The number of hydrogen-bond acceptors (Lipinski definition) is 4. The fourth-order valence-electron chi connectivity index (χ4n) is 1.76. The Morgan fingerprint density at radius 2 is 1.71 bits per heavy atom. The molecule has 82 valence electrons. The van der Waals surface area contributed by atoms with Crippen LogP contribution in [0.15, 0.2) is 0 Å². The number of hydrogen-bond donors (Lipinski definition) is 0. The summed E-state index contributed by atoms with van der Waals surface area (Å²) in [7, 11) is 0. The molecule has 2 aliphatic rings. The molecular formula is C10H18O4. The van der Waals surface area contributed by atoms with E-state index in [1.165, 1.54) is 0 Å². The maximum absolute atomic E-state index is 5.52. The Bertz CT molecular complexity index is 168. The van der Waals surface area contributed by atoms with E-state index in [2.05, 4.69) is 0 Å². The zero-order chi connectivity index (χ0) is 9.80. The van der Waals surface area contributed by atoms with E-state index in [9.17, 15) is 0 Å². The monoisotopic (exact) mass is 202 g/mol. The van der Waals surface area contributed by atoms with Gasteiger partial charge in [-0.1, -0.05) is 0 Å². The molecule has 2 heterocycles. The minimum Gasteiger partial charge on any atom is -0.350 e. The zero-order valence-electron chi connectivity index (χ0n) is 8.61. The highest BCUT2D eigenvalue weighted by Gasteiger charge is 2.23. The average Bonchev–Trinajstić information content (AvgIpc) is 2.77. The van der Waals surface area contributed by atoms with Crippen LogP contribution in [0.5, 0.6) is 0 Å². The summed E-state index contributed by atoms with van der Waals surface area (Å²) in [6.07, 6.45) is 3.16. The molecule has 2 fully saturated rings. The Hall–Kier alpha value is -0.160. The molecule has 0 aliphatic carbocycles. The predicted octanol–water partition coefficient (Wildman–Crippen LogP) is 1.29. The largest absolute Gasteiger partial charge is 0.350 e. The van der Waals surface area contributed by atoms with E-state index >= 15 is 0 Å². The third-order valence-electron chi connectivity index (χ3n) is 2.47. The quantitative estimate of drug-likeness (QED) is 0.688. The third kappa shape index (κ3) is 2.92. The van der Waals surface area contributed by atoms with E-state index in [4.69, 9.17) is 18.9 Å². The molecule has 4 heteroatoms. The van der Waals surface area contributed by atoms with Gasteiger partial charge in [-0.15, -0.1) is 0 Å². The molecule has 2 saturated heterocycles. The van der Waals surface area contributed by atoms with Crippen molar-refractivity contribution in [2.24, 2.45) is 0 Å². The maximum atomic E-state index is 5.52. The van der Waals surface area contributed by atoms with Crippen LogP contribution >= 0.6 is 0 Å². The van der Waals surface area contributed by atoms with E-state index in [-0.39, 0.29) is 18.7 Å². The van der Waals surface area contributed by atoms with Gasteiger partial charge in [0.15, 0.2) is 12.6 Å². The first kappa shape index (κ1) is 10.4. The fourth-order valence-corrected chi connectivity index (χ4v) is 1.76. The molecule has 2 unspecified atom stereocenters. The van der Waals surface area contributed by atoms with Crippen LogP contribution in [0.3, 0.4) is 0 Å². The summed E-state index contributed by atoms with van der Waals surface area (Å²) < 4.78 is 21.6. The Kier molecular flexibility index (Phi) is 3.75. The van der Waals surface area contributed by atoms with Crippen molar-refractivity contribution in [1.29, 1.82) is 0 Å². The van der Waals surface area contributed by atoms with Gasteiger partial charge in [-0.05, 0) is 26.2 Å². The lowest BCUT2D eigenvalue weighted by Crippen LogP contribution is -2.12. The molecule has 0 bridgehead atoms. The van der Waals surface area contributed by atoms with Gasteiger partial charge in [-0.25, -0.2) is 0 Å².